The van der Waals surface area contributed by atoms with Crippen molar-refractivity contribution in [2.45, 2.75) is 84.7 Å². The van der Waals surface area contributed by atoms with Gasteiger partial charge in [0.15, 0.2) is 0 Å². The van der Waals surface area contributed by atoms with Crippen LogP contribution in [0.4, 0.5) is 0 Å². The molecule has 0 aromatic carbocycles. The molecule has 0 amide bonds. The molecule has 0 bridgehead atoms. The third-order valence-electron chi connectivity index (χ3n) is 3.35. The standard InChI is InChI=1S/C15H32NO4P/c1-13(2)9-5-6-10-14(17)11-7-8-12-15(3,4)20-21(16,18)19/h13H,5-12H2,1-4H3,(H3,16,18,19). The van der Waals surface area contributed by atoms with Gasteiger partial charge in [-0.25, -0.2) is 10.1 Å². The van der Waals surface area contributed by atoms with Gasteiger partial charge in [-0.2, -0.15) is 0 Å². The summed E-state index contributed by atoms with van der Waals surface area (Å²) in [6, 6.07) is 0. The van der Waals surface area contributed by atoms with Gasteiger partial charge in [-0.3, -0.25) is 9.32 Å². The van der Waals surface area contributed by atoms with Gasteiger partial charge in [-0.15, -0.1) is 0 Å². The number of hydrogen-bond donors (Lipinski definition) is 2. The van der Waals surface area contributed by atoms with E-state index in [1.165, 1.54) is 6.42 Å². The van der Waals surface area contributed by atoms with Crippen molar-refractivity contribution in [2.75, 3.05) is 0 Å². The summed E-state index contributed by atoms with van der Waals surface area (Å²) >= 11 is 0. The van der Waals surface area contributed by atoms with Crippen molar-refractivity contribution in [3.8, 4) is 0 Å². The van der Waals surface area contributed by atoms with Gasteiger partial charge in [0.05, 0.1) is 5.60 Å². The smallest absolute Gasteiger partial charge is 0.313 e. The second-order valence-corrected chi connectivity index (χ2v) is 8.11. The Bertz CT molecular complexity index is 350. The first-order valence-electron chi connectivity index (χ1n) is 7.86. The minimum atomic E-state index is -3.95. The topological polar surface area (TPSA) is 89.6 Å². The molecule has 126 valence electrons. The van der Waals surface area contributed by atoms with Crippen molar-refractivity contribution >= 4 is 13.5 Å². The van der Waals surface area contributed by atoms with E-state index in [2.05, 4.69) is 13.8 Å². The van der Waals surface area contributed by atoms with E-state index in [1.807, 2.05) is 0 Å². The van der Waals surface area contributed by atoms with Crippen molar-refractivity contribution in [3.05, 3.63) is 0 Å². The van der Waals surface area contributed by atoms with Crippen LogP contribution in [-0.4, -0.2) is 16.3 Å². The zero-order valence-electron chi connectivity index (χ0n) is 13.9. The number of unbranched alkanes of at least 4 members (excludes halogenated alkanes) is 2. The van der Waals surface area contributed by atoms with Gasteiger partial charge in [-0.1, -0.05) is 33.1 Å². The van der Waals surface area contributed by atoms with E-state index < -0.39 is 13.3 Å². The Labute approximate surface area is 129 Å². The van der Waals surface area contributed by atoms with Crippen molar-refractivity contribution < 1.29 is 18.8 Å². The van der Waals surface area contributed by atoms with Gasteiger partial charge in [0.2, 0.25) is 0 Å². The van der Waals surface area contributed by atoms with Crippen molar-refractivity contribution in [3.63, 3.8) is 0 Å². The van der Waals surface area contributed by atoms with Crippen molar-refractivity contribution in [1.29, 1.82) is 0 Å². The SMILES string of the molecule is CC(C)CCCCC(=O)CCCCC(C)(C)OP(N)(=O)O. The highest BCUT2D eigenvalue weighted by molar-refractivity contribution is 7.50. The molecule has 0 aliphatic heterocycles. The van der Waals surface area contributed by atoms with Crippen LogP contribution in [0, 0.1) is 5.92 Å². The fourth-order valence-corrected chi connectivity index (χ4v) is 3.07. The normalized spacial score (nSPS) is 15.2. The summed E-state index contributed by atoms with van der Waals surface area (Å²) in [7, 11) is -3.95. The van der Waals surface area contributed by atoms with Gasteiger partial charge in [0, 0.05) is 12.8 Å². The van der Waals surface area contributed by atoms with Crippen LogP contribution < -0.4 is 5.50 Å². The van der Waals surface area contributed by atoms with E-state index in [9.17, 15) is 9.36 Å². The summed E-state index contributed by atoms with van der Waals surface area (Å²) in [4.78, 5) is 20.7. The summed E-state index contributed by atoms with van der Waals surface area (Å²) < 4.78 is 16.0. The van der Waals surface area contributed by atoms with Gasteiger partial charge < -0.3 is 4.89 Å². The summed E-state index contributed by atoms with van der Waals surface area (Å²) in [5, 5.41) is 0. The molecule has 0 aromatic rings. The molecule has 0 fully saturated rings. The van der Waals surface area contributed by atoms with E-state index in [1.54, 1.807) is 13.8 Å². The van der Waals surface area contributed by atoms with Gasteiger partial charge in [0.1, 0.15) is 5.78 Å². The van der Waals surface area contributed by atoms with Crippen LogP contribution in [0.15, 0.2) is 0 Å². The maximum atomic E-state index is 11.7. The Hall–Kier alpha value is -0.220. The molecule has 0 saturated heterocycles. The molecule has 0 aliphatic carbocycles. The highest BCUT2D eigenvalue weighted by Gasteiger charge is 2.26. The molecule has 21 heavy (non-hydrogen) atoms. The summed E-state index contributed by atoms with van der Waals surface area (Å²) in [6.07, 6.45) is 6.70. The predicted molar refractivity (Wildman–Crippen MR) is 86.0 cm³/mol. The Morgan fingerprint density at radius 3 is 2.19 bits per heavy atom. The van der Waals surface area contributed by atoms with Crippen molar-refractivity contribution in [2.24, 2.45) is 11.4 Å². The second kappa shape index (κ2) is 9.73. The molecule has 1 unspecified atom stereocenters. The van der Waals surface area contributed by atoms with Gasteiger partial charge in [-0.05, 0) is 39.0 Å². The van der Waals surface area contributed by atoms with Crippen LogP contribution in [0.1, 0.15) is 79.1 Å². The summed E-state index contributed by atoms with van der Waals surface area (Å²) in [5.74, 6) is 1.01. The van der Waals surface area contributed by atoms with Crippen LogP contribution >= 0.6 is 7.75 Å². The first-order chi connectivity index (χ1) is 9.52. The number of rotatable bonds is 12. The number of carbonyl (C=O) groups is 1. The fourth-order valence-electron chi connectivity index (χ4n) is 2.27. The predicted octanol–water partition coefficient (Wildman–Crippen LogP) is 4.19. The first-order valence-corrected chi connectivity index (χ1v) is 9.50. The van der Waals surface area contributed by atoms with E-state index in [0.717, 1.165) is 25.7 Å². The Morgan fingerprint density at radius 1 is 1.19 bits per heavy atom. The largest absolute Gasteiger partial charge is 0.400 e. The average Bonchev–Trinajstić information content (AvgIpc) is 2.27. The lowest BCUT2D eigenvalue weighted by Crippen LogP contribution is -2.24. The maximum Gasteiger partial charge on any atom is 0.400 e. The van der Waals surface area contributed by atoms with Crippen LogP contribution in [0.25, 0.3) is 0 Å². The summed E-state index contributed by atoms with van der Waals surface area (Å²) in [6.45, 7) is 7.85. The van der Waals surface area contributed by atoms with E-state index in [-0.39, 0.29) is 0 Å². The molecule has 0 rings (SSSR count). The fraction of sp³-hybridized carbons (Fsp3) is 0.933. The van der Waals surface area contributed by atoms with Crippen LogP contribution in [0.2, 0.25) is 0 Å². The third kappa shape index (κ3) is 14.5. The zero-order chi connectivity index (χ0) is 16.5. The Kier molecular flexibility index (Phi) is 9.63. The van der Waals surface area contributed by atoms with Crippen LogP contribution in [-0.2, 0) is 13.9 Å². The molecule has 3 N–H and O–H groups in total. The number of Topliss-reactive ketones (excluding diaryl/α,β-unsaturated/α-hetero) is 1. The Balaban J connectivity index is 3.70. The van der Waals surface area contributed by atoms with Crippen molar-refractivity contribution in [1.82, 2.24) is 0 Å². The number of nitrogens with two attached hydrogens (primary N) is 1. The lowest BCUT2D eigenvalue weighted by Gasteiger charge is -2.25. The monoisotopic (exact) mass is 321 g/mol. The molecule has 6 heteroatoms. The average molecular weight is 321 g/mol. The first kappa shape index (κ1) is 20.8. The second-order valence-electron chi connectivity index (χ2n) is 6.80. The maximum absolute atomic E-state index is 11.7. The lowest BCUT2D eigenvalue weighted by atomic mass is 9.98. The Morgan fingerprint density at radius 2 is 1.71 bits per heavy atom. The van der Waals surface area contributed by atoms with E-state index >= 15 is 0 Å². The molecule has 0 spiro atoms. The van der Waals surface area contributed by atoms with E-state index in [4.69, 9.17) is 14.9 Å². The summed E-state index contributed by atoms with van der Waals surface area (Å²) in [5.41, 5.74) is 4.26. The number of hydrogen-bond acceptors (Lipinski definition) is 3. The molecule has 0 radical (unpaired) electrons. The number of carbonyl (C=O) groups excluding carboxylic acids is 1. The van der Waals surface area contributed by atoms with Crippen LogP contribution in [0.3, 0.4) is 0 Å². The molecule has 0 heterocycles. The molecule has 0 aromatic heterocycles. The quantitative estimate of drug-likeness (QED) is 0.415. The minimum Gasteiger partial charge on any atom is -0.313 e. The molecular weight excluding hydrogens is 289 g/mol. The molecule has 0 saturated carbocycles. The molecule has 1 atom stereocenters. The van der Waals surface area contributed by atoms with E-state index in [0.29, 0.717) is 31.0 Å². The van der Waals surface area contributed by atoms with Gasteiger partial charge >= 0.3 is 7.75 Å². The third-order valence-corrected chi connectivity index (χ3v) is 4.11. The van der Waals surface area contributed by atoms with Gasteiger partial charge in [0.25, 0.3) is 0 Å². The highest BCUT2D eigenvalue weighted by atomic mass is 31.2. The molecule has 0 aliphatic rings. The molecule has 5 nitrogen and oxygen atoms in total. The van der Waals surface area contributed by atoms with Crippen LogP contribution in [0.5, 0.6) is 0 Å². The highest BCUT2D eigenvalue weighted by Crippen LogP contribution is 2.39. The lowest BCUT2D eigenvalue weighted by molar-refractivity contribution is -0.119. The number of ketones is 1. The molecular formula is C15H32NO4P. The minimum absolute atomic E-state index is 0.309. The zero-order valence-corrected chi connectivity index (χ0v) is 14.8.